The van der Waals surface area contributed by atoms with E-state index in [1.807, 2.05) is 6.92 Å². The summed E-state index contributed by atoms with van der Waals surface area (Å²) in [6, 6.07) is 10.9. The molecule has 0 bridgehead atoms. The number of ether oxygens (including phenoxy) is 1. The zero-order chi connectivity index (χ0) is 19.1. The summed E-state index contributed by atoms with van der Waals surface area (Å²) < 4.78 is 4.91. The van der Waals surface area contributed by atoms with Crippen LogP contribution in [0.5, 0.6) is 5.75 Å². The zero-order valence-electron chi connectivity index (χ0n) is 14.5. The average Bonchev–Trinajstić information content (AvgIpc) is 2.60. The molecule has 0 saturated heterocycles. The molecule has 0 radical (unpaired) electrons. The molecule has 2 rings (SSSR count). The van der Waals surface area contributed by atoms with Crippen LogP contribution in [0.4, 0.5) is 5.69 Å². The molecule has 0 unspecified atom stereocenters. The molecule has 3 N–H and O–H groups in total. The van der Waals surface area contributed by atoms with Gasteiger partial charge < -0.3 is 20.5 Å². The smallest absolute Gasteiger partial charge is 0.342 e. The monoisotopic (exact) mass is 356 g/mol. The molecule has 0 saturated carbocycles. The number of aromatic hydroxyl groups is 1. The van der Waals surface area contributed by atoms with Crippen molar-refractivity contribution in [2.75, 3.05) is 18.5 Å². The SMILES string of the molecule is CCNC(=O)c1cccc(NC(=O)COC(=O)c2ccc(C)cc2O)c1. The molecule has 7 nitrogen and oxygen atoms in total. The third-order valence-corrected chi connectivity index (χ3v) is 3.45. The van der Waals surface area contributed by atoms with Gasteiger partial charge in [-0.3, -0.25) is 9.59 Å². The molecule has 0 aliphatic heterocycles. The maximum Gasteiger partial charge on any atom is 0.342 e. The lowest BCUT2D eigenvalue weighted by Crippen LogP contribution is -2.23. The highest BCUT2D eigenvalue weighted by Crippen LogP contribution is 2.19. The Bertz CT molecular complexity index is 832. The van der Waals surface area contributed by atoms with Gasteiger partial charge in [0.1, 0.15) is 11.3 Å². The lowest BCUT2D eigenvalue weighted by Gasteiger charge is -2.09. The molecule has 0 spiro atoms. The molecule has 2 amide bonds. The minimum atomic E-state index is -0.797. The average molecular weight is 356 g/mol. The standard InChI is InChI=1S/C19H20N2O5/c1-3-20-18(24)13-5-4-6-14(10-13)21-17(23)11-26-19(25)15-8-7-12(2)9-16(15)22/h4-10,22H,3,11H2,1-2H3,(H,20,24)(H,21,23). The Hall–Kier alpha value is -3.35. The second-order valence-corrected chi connectivity index (χ2v) is 5.59. The lowest BCUT2D eigenvalue weighted by atomic mass is 10.1. The Kier molecular flexibility index (Phi) is 6.32. The number of hydrogen-bond donors (Lipinski definition) is 3. The minimum absolute atomic E-state index is 0.0124. The van der Waals surface area contributed by atoms with Crippen molar-refractivity contribution < 1.29 is 24.2 Å². The predicted molar refractivity (Wildman–Crippen MR) is 96.2 cm³/mol. The van der Waals surface area contributed by atoms with E-state index in [2.05, 4.69) is 10.6 Å². The number of hydrogen-bond acceptors (Lipinski definition) is 5. The molecule has 0 aliphatic carbocycles. The topological polar surface area (TPSA) is 105 Å². The van der Waals surface area contributed by atoms with Gasteiger partial charge in [0.2, 0.25) is 0 Å². The van der Waals surface area contributed by atoms with Crippen LogP contribution >= 0.6 is 0 Å². The van der Waals surface area contributed by atoms with Crippen molar-refractivity contribution >= 4 is 23.5 Å². The van der Waals surface area contributed by atoms with Crippen molar-refractivity contribution in [1.29, 1.82) is 0 Å². The van der Waals surface area contributed by atoms with Gasteiger partial charge in [-0.2, -0.15) is 0 Å². The lowest BCUT2D eigenvalue weighted by molar-refractivity contribution is -0.119. The molecule has 136 valence electrons. The predicted octanol–water partition coefficient (Wildman–Crippen LogP) is 2.25. The van der Waals surface area contributed by atoms with E-state index < -0.39 is 18.5 Å². The summed E-state index contributed by atoms with van der Waals surface area (Å²) in [5.41, 5.74) is 1.60. The van der Waals surface area contributed by atoms with Crippen molar-refractivity contribution in [1.82, 2.24) is 5.32 Å². The van der Waals surface area contributed by atoms with Crippen LogP contribution in [0.15, 0.2) is 42.5 Å². The van der Waals surface area contributed by atoms with E-state index in [0.29, 0.717) is 17.8 Å². The molecule has 0 heterocycles. The second-order valence-electron chi connectivity index (χ2n) is 5.59. The van der Waals surface area contributed by atoms with E-state index >= 15 is 0 Å². The van der Waals surface area contributed by atoms with Crippen molar-refractivity contribution in [2.45, 2.75) is 13.8 Å². The maximum atomic E-state index is 11.9. The molecule has 0 fully saturated rings. The van der Waals surface area contributed by atoms with Gasteiger partial charge in [-0.1, -0.05) is 12.1 Å². The molecule has 26 heavy (non-hydrogen) atoms. The maximum absolute atomic E-state index is 11.9. The number of nitrogens with one attached hydrogen (secondary N) is 2. The number of esters is 1. The summed E-state index contributed by atoms with van der Waals surface area (Å²) in [4.78, 5) is 35.7. The Balaban J connectivity index is 1.93. The van der Waals surface area contributed by atoms with Crippen LogP contribution in [0.25, 0.3) is 0 Å². The van der Waals surface area contributed by atoms with Crippen LogP contribution in [-0.2, 0) is 9.53 Å². The summed E-state index contributed by atoms with van der Waals surface area (Å²) in [7, 11) is 0. The molecule has 7 heteroatoms. The number of benzene rings is 2. The highest BCUT2D eigenvalue weighted by molar-refractivity contribution is 5.98. The third kappa shape index (κ3) is 5.07. The van der Waals surface area contributed by atoms with E-state index in [9.17, 15) is 19.5 Å². The van der Waals surface area contributed by atoms with Gasteiger partial charge in [0.15, 0.2) is 6.61 Å². The van der Waals surface area contributed by atoms with Crippen molar-refractivity contribution in [2.24, 2.45) is 0 Å². The van der Waals surface area contributed by atoms with E-state index in [1.165, 1.54) is 18.2 Å². The Labute approximate surface area is 151 Å². The van der Waals surface area contributed by atoms with Gasteiger partial charge in [0.25, 0.3) is 11.8 Å². The fraction of sp³-hybridized carbons (Fsp3) is 0.211. The van der Waals surface area contributed by atoms with Crippen LogP contribution in [0.1, 0.15) is 33.2 Å². The zero-order valence-corrected chi connectivity index (χ0v) is 14.5. The first kappa shape index (κ1) is 19.0. The number of amides is 2. The summed E-state index contributed by atoms with van der Waals surface area (Å²) in [6.07, 6.45) is 0. The molecule has 2 aromatic carbocycles. The Morgan fingerprint density at radius 2 is 1.88 bits per heavy atom. The normalized spacial score (nSPS) is 10.1. The minimum Gasteiger partial charge on any atom is -0.507 e. The van der Waals surface area contributed by atoms with Crippen LogP contribution in [-0.4, -0.2) is 36.0 Å². The number of phenols is 1. The summed E-state index contributed by atoms with van der Waals surface area (Å²) >= 11 is 0. The molecule has 2 aromatic rings. The molecule has 0 atom stereocenters. The molecule has 0 aromatic heterocycles. The number of aryl methyl sites for hydroxylation is 1. The number of rotatable bonds is 6. The molecular weight excluding hydrogens is 336 g/mol. The van der Waals surface area contributed by atoms with E-state index in [4.69, 9.17) is 4.74 Å². The Morgan fingerprint density at radius 3 is 2.58 bits per heavy atom. The highest BCUT2D eigenvalue weighted by atomic mass is 16.5. The van der Waals surface area contributed by atoms with Gasteiger partial charge in [0.05, 0.1) is 0 Å². The fourth-order valence-electron chi connectivity index (χ4n) is 2.22. The van der Waals surface area contributed by atoms with Gasteiger partial charge in [-0.05, 0) is 49.7 Å². The fourth-order valence-corrected chi connectivity index (χ4v) is 2.22. The van der Waals surface area contributed by atoms with Gasteiger partial charge in [0, 0.05) is 17.8 Å². The number of carbonyl (C=O) groups excluding carboxylic acids is 3. The van der Waals surface area contributed by atoms with E-state index in [1.54, 1.807) is 31.2 Å². The first-order chi connectivity index (χ1) is 12.4. The van der Waals surface area contributed by atoms with Gasteiger partial charge in [-0.15, -0.1) is 0 Å². The van der Waals surface area contributed by atoms with Crippen LogP contribution < -0.4 is 10.6 Å². The summed E-state index contributed by atoms with van der Waals surface area (Å²) in [6.45, 7) is 3.57. The van der Waals surface area contributed by atoms with Crippen molar-refractivity contribution in [3.8, 4) is 5.75 Å². The molecule has 0 aliphatic rings. The van der Waals surface area contributed by atoms with Crippen molar-refractivity contribution in [3.05, 3.63) is 59.2 Å². The van der Waals surface area contributed by atoms with E-state index in [0.717, 1.165) is 5.56 Å². The number of anilines is 1. The first-order valence-corrected chi connectivity index (χ1v) is 8.05. The summed E-state index contributed by atoms with van der Waals surface area (Å²) in [5.74, 6) is -1.80. The van der Waals surface area contributed by atoms with Crippen LogP contribution in [0, 0.1) is 6.92 Å². The second kappa shape index (κ2) is 8.66. The largest absolute Gasteiger partial charge is 0.507 e. The first-order valence-electron chi connectivity index (χ1n) is 8.05. The quantitative estimate of drug-likeness (QED) is 0.689. The highest BCUT2D eigenvalue weighted by Gasteiger charge is 2.15. The van der Waals surface area contributed by atoms with Crippen LogP contribution in [0.3, 0.4) is 0 Å². The Morgan fingerprint density at radius 1 is 1.12 bits per heavy atom. The molecular formula is C19H20N2O5. The summed E-state index contributed by atoms with van der Waals surface area (Å²) in [5, 5.41) is 15.0. The number of carbonyl (C=O) groups is 3. The van der Waals surface area contributed by atoms with Gasteiger partial charge in [-0.25, -0.2) is 4.79 Å². The number of phenolic OH excluding ortho intramolecular Hbond substituents is 1. The van der Waals surface area contributed by atoms with Crippen molar-refractivity contribution in [3.63, 3.8) is 0 Å². The third-order valence-electron chi connectivity index (χ3n) is 3.45. The van der Waals surface area contributed by atoms with Crippen LogP contribution in [0.2, 0.25) is 0 Å². The van der Waals surface area contributed by atoms with Gasteiger partial charge >= 0.3 is 5.97 Å². The van der Waals surface area contributed by atoms with E-state index in [-0.39, 0.29) is 17.2 Å².